The first kappa shape index (κ1) is 20.1. The van der Waals surface area contributed by atoms with Crippen LogP contribution in [0.5, 0.6) is 0 Å². The van der Waals surface area contributed by atoms with Crippen LogP contribution in [0.4, 0.5) is 0 Å². The van der Waals surface area contributed by atoms with Crippen LogP contribution in [0.1, 0.15) is 48.1 Å². The summed E-state index contributed by atoms with van der Waals surface area (Å²) in [6.07, 6.45) is 2.89. The summed E-state index contributed by atoms with van der Waals surface area (Å²) < 4.78 is 3.40. The Kier molecular flexibility index (Phi) is 5.74. The number of rotatable bonds is 5. The first-order chi connectivity index (χ1) is 14.0. The lowest BCUT2D eigenvalue weighted by Crippen LogP contribution is -2.30. The summed E-state index contributed by atoms with van der Waals surface area (Å²) >= 11 is 9.44. The molecule has 0 amide bonds. The smallest absolute Gasteiger partial charge is 0.170 e. The molecule has 2 atom stereocenters. The minimum Gasteiger partial charge on any atom is -0.352 e. The summed E-state index contributed by atoms with van der Waals surface area (Å²) in [5, 5.41) is 4.34. The third-order valence-corrected chi connectivity index (χ3v) is 6.57. The third-order valence-electron chi connectivity index (χ3n) is 5.54. The lowest BCUT2D eigenvalue weighted by molar-refractivity contribution is 0.316. The molecule has 1 aliphatic heterocycles. The number of aromatic nitrogens is 2. The zero-order valence-electron chi connectivity index (χ0n) is 16.9. The molecule has 3 aromatic rings. The average molecular weight is 469 g/mol. The van der Waals surface area contributed by atoms with Crippen LogP contribution in [-0.4, -0.2) is 26.1 Å². The number of nitrogens with zero attached hydrogens (tertiary/aromatic N) is 3. The number of para-hydroxylation sites is 1. The van der Waals surface area contributed by atoms with Gasteiger partial charge in [0.1, 0.15) is 0 Å². The number of hydrogen-bond acceptors (Lipinski definition) is 2. The van der Waals surface area contributed by atoms with Crippen molar-refractivity contribution in [3.05, 3.63) is 81.8 Å². The van der Waals surface area contributed by atoms with Crippen molar-refractivity contribution >= 4 is 33.3 Å². The molecule has 0 spiro atoms. The van der Waals surface area contributed by atoms with Crippen molar-refractivity contribution in [3.8, 4) is 5.69 Å². The van der Waals surface area contributed by atoms with Crippen LogP contribution in [0, 0.1) is 13.8 Å². The van der Waals surface area contributed by atoms with E-state index in [-0.39, 0.29) is 12.1 Å². The number of halogens is 1. The van der Waals surface area contributed by atoms with E-state index >= 15 is 0 Å². The highest BCUT2D eigenvalue weighted by molar-refractivity contribution is 9.10. The Hall–Kier alpha value is -2.18. The fraction of sp³-hybridized carbons (Fsp3) is 0.304. The summed E-state index contributed by atoms with van der Waals surface area (Å²) in [5.41, 5.74) is 5.89. The molecular weight excluding hydrogens is 444 g/mol. The zero-order chi connectivity index (χ0) is 20.5. The molecule has 1 aromatic carbocycles. The average Bonchev–Trinajstić information content (AvgIpc) is 3.19. The van der Waals surface area contributed by atoms with E-state index in [9.17, 15) is 0 Å². The highest BCUT2D eigenvalue weighted by Gasteiger charge is 2.40. The van der Waals surface area contributed by atoms with Crippen molar-refractivity contribution in [1.82, 2.24) is 19.8 Å². The largest absolute Gasteiger partial charge is 0.352 e. The molecule has 29 heavy (non-hydrogen) atoms. The Morgan fingerprint density at radius 2 is 1.90 bits per heavy atom. The summed E-state index contributed by atoms with van der Waals surface area (Å²) in [7, 11) is 0. The monoisotopic (exact) mass is 468 g/mol. The molecule has 0 bridgehead atoms. The molecule has 2 aromatic heterocycles. The molecule has 0 saturated carbocycles. The van der Waals surface area contributed by atoms with Gasteiger partial charge >= 0.3 is 0 Å². The van der Waals surface area contributed by atoms with Crippen LogP contribution in [0.3, 0.4) is 0 Å². The lowest BCUT2D eigenvalue weighted by atomic mass is 9.96. The lowest BCUT2D eigenvalue weighted by Gasteiger charge is -2.27. The highest BCUT2D eigenvalue weighted by Crippen LogP contribution is 2.41. The third kappa shape index (κ3) is 3.60. The number of benzene rings is 1. The van der Waals surface area contributed by atoms with Crippen molar-refractivity contribution in [1.29, 1.82) is 0 Å². The van der Waals surface area contributed by atoms with Crippen molar-refractivity contribution < 1.29 is 0 Å². The molecule has 4 nitrogen and oxygen atoms in total. The number of nitrogens with one attached hydrogen (secondary N) is 1. The van der Waals surface area contributed by atoms with Gasteiger partial charge in [-0.1, -0.05) is 25.1 Å². The maximum atomic E-state index is 5.73. The van der Waals surface area contributed by atoms with Gasteiger partial charge in [0.25, 0.3) is 0 Å². The molecular formula is C23H25BrN4S. The summed E-state index contributed by atoms with van der Waals surface area (Å²) in [4.78, 5) is 6.95. The van der Waals surface area contributed by atoms with Gasteiger partial charge in [0.05, 0.1) is 23.5 Å². The van der Waals surface area contributed by atoms with Gasteiger partial charge in [-0.3, -0.25) is 4.98 Å². The van der Waals surface area contributed by atoms with Crippen LogP contribution in [-0.2, 0) is 0 Å². The molecule has 1 aliphatic rings. The van der Waals surface area contributed by atoms with Gasteiger partial charge in [0.15, 0.2) is 5.11 Å². The molecule has 4 rings (SSSR count). The van der Waals surface area contributed by atoms with Gasteiger partial charge in [-0.05, 0) is 84.3 Å². The predicted octanol–water partition coefficient (Wildman–Crippen LogP) is 5.63. The van der Waals surface area contributed by atoms with Gasteiger partial charge in [-0.25, -0.2) is 0 Å². The molecule has 1 fully saturated rings. The van der Waals surface area contributed by atoms with Crippen LogP contribution in [0.2, 0.25) is 0 Å². The van der Waals surface area contributed by atoms with E-state index in [1.54, 1.807) is 0 Å². The Labute approximate surface area is 186 Å². The van der Waals surface area contributed by atoms with Gasteiger partial charge < -0.3 is 14.8 Å². The van der Waals surface area contributed by atoms with E-state index in [0.717, 1.165) is 33.9 Å². The molecule has 1 N–H and O–H groups in total. The van der Waals surface area contributed by atoms with Crippen LogP contribution >= 0.6 is 28.1 Å². The molecule has 0 unspecified atom stereocenters. The number of aryl methyl sites for hydroxylation is 1. The number of thiocarbonyl (C=S) groups is 1. The first-order valence-electron chi connectivity index (χ1n) is 9.94. The molecule has 3 heterocycles. The minimum atomic E-state index is 0.0309. The van der Waals surface area contributed by atoms with Gasteiger partial charge in [0.2, 0.25) is 0 Å². The van der Waals surface area contributed by atoms with Gasteiger partial charge in [0, 0.05) is 28.6 Å². The second-order valence-electron chi connectivity index (χ2n) is 7.43. The maximum Gasteiger partial charge on any atom is 0.170 e. The first-order valence-corrected chi connectivity index (χ1v) is 11.1. The summed E-state index contributed by atoms with van der Waals surface area (Å²) in [5.74, 6) is 0. The van der Waals surface area contributed by atoms with Crippen LogP contribution in [0.15, 0.2) is 59.2 Å². The number of hydrogen-bond donors (Lipinski definition) is 1. The topological polar surface area (TPSA) is 33.1 Å². The fourth-order valence-electron chi connectivity index (χ4n) is 4.32. The second-order valence-corrected chi connectivity index (χ2v) is 8.67. The second kappa shape index (κ2) is 8.28. The quantitative estimate of drug-likeness (QED) is 0.491. The van der Waals surface area contributed by atoms with E-state index in [2.05, 4.69) is 86.8 Å². The molecule has 6 heteroatoms. The normalized spacial score (nSPS) is 18.9. The summed E-state index contributed by atoms with van der Waals surface area (Å²) in [6.45, 7) is 7.47. The summed E-state index contributed by atoms with van der Waals surface area (Å²) in [6, 6.07) is 16.9. The van der Waals surface area contributed by atoms with Gasteiger partial charge in [-0.2, -0.15) is 0 Å². The SMILES string of the molecule is CCCN1C(=S)N[C@H](c2ccccn2)[C@H]1c1cc(C)n(-c2ccccc2Br)c1C. The van der Waals surface area contributed by atoms with E-state index in [1.165, 1.54) is 17.0 Å². The van der Waals surface area contributed by atoms with E-state index in [4.69, 9.17) is 12.2 Å². The Morgan fingerprint density at radius 1 is 1.14 bits per heavy atom. The van der Waals surface area contributed by atoms with Crippen molar-refractivity contribution in [2.75, 3.05) is 6.54 Å². The maximum absolute atomic E-state index is 5.73. The van der Waals surface area contributed by atoms with Gasteiger partial charge in [-0.15, -0.1) is 0 Å². The number of pyridine rings is 1. The van der Waals surface area contributed by atoms with Crippen LogP contribution < -0.4 is 5.32 Å². The molecule has 0 radical (unpaired) electrons. The van der Waals surface area contributed by atoms with Crippen LogP contribution in [0.25, 0.3) is 5.69 Å². The Morgan fingerprint density at radius 3 is 2.59 bits per heavy atom. The van der Waals surface area contributed by atoms with E-state index in [0.29, 0.717) is 0 Å². The van der Waals surface area contributed by atoms with Crippen molar-refractivity contribution in [3.63, 3.8) is 0 Å². The molecule has 0 aliphatic carbocycles. The minimum absolute atomic E-state index is 0.0309. The Bertz CT molecular complexity index is 1030. The van der Waals surface area contributed by atoms with Crippen molar-refractivity contribution in [2.45, 2.75) is 39.3 Å². The predicted molar refractivity (Wildman–Crippen MR) is 125 cm³/mol. The highest BCUT2D eigenvalue weighted by atomic mass is 79.9. The molecule has 1 saturated heterocycles. The van der Waals surface area contributed by atoms with E-state index in [1.807, 2.05) is 24.4 Å². The Balaban J connectivity index is 1.85. The fourth-order valence-corrected chi connectivity index (χ4v) is 5.11. The van der Waals surface area contributed by atoms with E-state index < -0.39 is 0 Å². The zero-order valence-corrected chi connectivity index (χ0v) is 19.3. The van der Waals surface area contributed by atoms with Crippen molar-refractivity contribution in [2.24, 2.45) is 0 Å². The standard InChI is InChI=1S/C23H25BrN4S/c1-4-13-27-22(21(26-23(27)29)19-10-7-8-12-25-19)17-14-15(2)28(16(17)3)20-11-6-5-9-18(20)24/h5-12,14,21-22H,4,13H2,1-3H3,(H,26,29)/t21-,22-/m1/s1. The molecule has 150 valence electrons.